The minimum Gasteiger partial charge on any atom is -0.308 e. The van der Waals surface area contributed by atoms with E-state index in [-0.39, 0.29) is 24.0 Å². The van der Waals surface area contributed by atoms with Gasteiger partial charge in [-0.2, -0.15) is 13.5 Å². The van der Waals surface area contributed by atoms with Crippen LogP contribution in [-0.2, 0) is 15.6 Å². The molecule has 1 fully saturated rings. The average Bonchev–Trinajstić information content (AvgIpc) is 3.30. The van der Waals surface area contributed by atoms with Crippen LogP contribution in [0, 0.1) is 6.92 Å². The van der Waals surface area contributed by atoms with E-state index in [1.807, 2.05) is 81.0 Å². The number of hydrogen-bond donors (Lipinski definition) is 3. The minimum atomic E-state index is -3.90. The normalized spacial score (nSPS) is 19.7. The summed E-state index contributed by atoms with van der Waals surface area (Å²) in [6, 6.07) is 8.12. The van der Waals surface area contributed by atoms with E-state index >= 15 is 0 Å². The number of hydrazine groups is 1. The standard InChI is InChI=1S/C24H31N7O4S/c1-16-6-10-18(11-7-16)25-22(32)26-21-14-20(24(2,3)4)27-31(21)19-12-8-17(9-13-19)15-30-29(5)23(33)28-36(30,34)35/h6-12,14,19H,13,15H2,1-5H3,(H,28,33)(H2,25,26,32). The number of aryl methyl sites for hydroxylation is 1. The summed E-state index contributed by atoms with van der Waals surface area (Å²) >= 11 is 0. The second-order valence-electron chi connectivity index (χ2n) is 9.91. The first-order valence-electron chi connectivity index (χ1n) is 11.5. The predicted octanol–water partition coefficient (Wildman–Crippen LogP) is 3.68. The number of rotatable bonds is 5. The SMILES string of the molecule is Cc1ccc(NC(=O)Nc2cc(C(C)(C)C)nn2C2C=CC(CN3N(C)C(=O)NS3(=O)=O)=CC2)cc1. The molecular weight excluding hydrogens is 482 g/mol. The van der Waals surface area contributed by atoms with Gasteiger partial charge in [-0.15, -0.1) is 0 Å². The molecule has 1 aliphatic carbocycles. The largest absolute Gasteiger partial charge is 0.347 e. The highest BCUT2D eigenvalue weighted by Gasteiger charge is 2.39. The van der Waals surface area contributed by atoms with Gasteiger partial charge in [0.2, 0.25) is 0 Å². The van der Waals surface area contributed by atoms with E-state index in [4.69, 9.17) is 5.10 Å². The Morgan fingerprint density at radius 2 is 1.89 bits per heavy atom. The number of nitrogens with one attached hydrogen (secondary N) is 3. The lowest BCUT2D eigenvalue weighted by molar-refractivity contribution is 0.145. The van der Waals surface area contributed by atoms with Gasteiger partial charge in [0.25, 0.3) is 0 Å². The highest BCUT2D eigenvalue weighted by molar-refractivity contribution is 7.88. The van der Waals surface area contributed by atoms with Crippen molar-refractivity contribution in [3.63, 3.8) is 0 Å². The molecule has 192 valence electrons. The zero-order valence-corrected chi connectivity index (χ0v) is 21.8. The van der Waals surface area contributed by atoms with Gasteiger partial charge in [0, 0.05) is 24.2 Å². The van der Waals surface area contributed by atoms with Crippen LogP contribution in [0.5, 0.6) is 0 Å². The third kappa shape index (κ3) is 5.44. The van der Waals surface area contributed by atoms with Crippen molar-refractivity contribution in [2.45, 2.75) is 45.6 Å². The molecule has 0 radical (unpaired) electrons. The first-order chi connectivity index (χ1) is 16.8. The van der Waals surface area contributed by atoms with Crippen molar-refractivity contribution in [3.8, 4) is 0 Å². The van der Waals surface area contributed by atoms with Gasteiger partial charge >= 0.3 is 22.3 Å². The summed E-state index contributed by atoms with van der Waals surface area (Å²) in [5, 5.41) is 11.6. The van der Waals surface area contributed by atoms with Crippen LogP contribution in [0.15, 0.2) is 54.1 Å². The van der Waals surface area contributed by atoms with Crippen LogP contribution in [-0.4, -0.2) is 53.3 Å². The van der Waals surface area contributed by atoms with Crippen LogP contribution in [0.3, 0.4) is 0 Å². The van der Waals surface area contributed by atoms with Gasteiger partial charge in [-0.25, -0.2) is 24.0 Å². The molecule has 1 unspecified atom stereocenters. The maximum absolute atomic E-state index is 12.7. The molecule has 2 aromatic rings. The molecule has 0 spiro atoms. The Labute approximate surface area is 211 Å². The first kappa shape index (κ1) is 25.5. The molecule has 4 amide bonds. The molecule has 2 heterocycles. The predicted molar refractivity (Wildman–Crippen MR) is 138 cm³/mol. The lowest BCUT2D eigenvalue weighted by Crippen LogP contribution is -2.38. The second-order valence-corrected chi connectivity index (χ2v) is 11.5. The highest BCUT2D eigenvalue weighted by atomic mass is 32.2. The van der Waals surface area contributed by atoms with Crippen molar-refractivity contribution in [1.29, 1.82) is 0 Å². The molecule has 0 saturated carbocycles. The lowest BCUT2D eigenvalue weighted by atomic mass is 9.92. The fourth-order valence-corrected chi connectivity index (χ4v) is 4.99. The Bertz CT molecular complexity index is 1340. The van der Waals surface area contributed by atoms with Gasteiger partial charge in [-0.1, -0.05) is 61.1 Å². The topological polar surface area (TPSA) is 129 Å². The molecule has 1 aromatic heterocycles. The first-order valence-corrected chi connectivity index (χ1v) is 13.0. The van der Waals surface area contributed by atoms with Crippen LogP contribution in [0.4, 0.5) is 21.1 Å². The Morgan fingerprint density at radius 1 is 1.19 bits per heavy atom. The summed E-state index contributed by atoms with van der Waals surface area (Å²) in [6.07, 6.45) is 6.17. The van der Waals surface area contributed by atoms with Crippen LogP contribution in [0.25, 0.3) is 0 Å². The summed E-state index contributed by atoms with van der Waals surface area (Å²) in [5.74, 6) is 0.549. The third-order valence-corrected chi connectivity index (χ3v) is 7.32. The van der Waals surface area contributed by atoms with Crippen molar-refractivity contribution in [2.75, 3.05) is 24.2 Å². The van der Waals surface area contributed by atoms with E-state index in [1.165, 1.54) is 7.05 Å². The average molecular weight is 514 g/mol. The van der Waals surface area contributed by atoms with Crippen molar-refractivity contribution in [2.24, 2.45) is 0 Å². The number of hydrogen-bond acceptors (Lipinski definition) is 5. The van der Waals surface area contributed by atoms with Gasteiger partial charge < -0.3 is 5.32 Å². The third-order valence-electron chi connectivity index (χ3n) is 5.96. The maximum Gasteiger partial charge on any atom is 0.347 e. The van der Waals surface area contributed by atoms with E-state index in [9.17, 15) is 18.0 Å². The van der Waals surface area contributed by atoms with Crippen molar-refractivity contribution < 1.29 is 18.0 Å². The van der Waals surface area contributed by atoms with E-state index in [2.05, 4.69) is 10.6 Å². The quantitative estimate of drug-likeness (QED) is 0.562. The van der Waals surface area contributed by atoms with E-state index in [1.54, 1.807) is 4.68 Å². The van der Waals surface area contributed by atoms with Crippen LogP contribution in [0.2, 0.25) is 0 Å². The fraction of sp³-hybridized carbons (Fsp3) is 0.375. The smallest absolute Gasteiger partial charge is 0.308 e. The molecule has 1 atom stereocenters. The Kier molecular flexibility index (Phi) is 6.67. The molecule has 1 aliphatic heterocycles. The number of allylic oxidation sites excluding steroid dienone is 2. The number of nitrogens with zero attached hydrogens (tertiary/aromatic N) is 4. The molecule has 4 rings (SSSR count). The molecular formula is C24H31N7O4S. The number of carbonyl (C=O) groups excluding carboxylic acids is 2. The van der Waals surface area contributed by atoms with E-state index in [0.29, 0.717) is 17.9 Å². The molecule has 3 N–H and O–H groups in total. The van der Waals surface area contributed by atoms with E-state index in [0.717, 1.165) is 26.3 Å². The Hall–Kier alpha value is -3.64. The zero-order valence-electron chi connectivity index (χ0n) is 20.9. The molecule has 1 saturated heterocycles. The van der Waals surface area contributed by atoms with Crippen molar-refractivity contribution in [3.05, 3.63) is 65.4 Å². The lowest BCUT2D eigenvalue weighted by Gasteiger charge is -2.23. The molecule has 36 heavy (non-hydrogen) atoms. The van der Waals surface area contributed by atoms with Gasteiger partial charge in [0.05, 0.1) is 18.3 Å². The molecule has 11 nitrogen and oxygen atoms in total. The molecule has 12 heteroatoms. The highest BCUT2D eigenvalue weighted by Crippen LogP contribution is 2.30. The van der Waals surface area contributed by atoms with Gasteiger partial charge in [-0.05, 0) is 31.1 Å². The van der Waals surface area contributed by atoms with Crippen LogP contribution < -0.4 is 15.4 Å². The summed E-state index contributed by atoms with van der Waals surface area (Å²) in [5.41, 5.74) is 3.11. The Morgan fingerprint density at radius 3 is 2.44 bits per heavy atom. The number of urea groups is 2. The summed E-state index contributed by atoms with van der Waals surface area (Å²) in [7, 11) is -2.50. The number of benzene rings is 1. The monoisotopic (exact) mass is 513 g/mol. The number of amides is 4. The van der Waals surface area contributed by atoms with Gasteiger partial charge in [-0.3, -0.25) is 5.32 Å². The van der Waals surface area contributed by atoms with Gasteiger partial charge in [0.15, 0.2) is 0 Å². The maximum atomic E-state index is 12.7. The van der Waals surface area contributed by atoms with Gasteiger partial charge in [0.1, 0.15) is 5.82 Å². The Balaban J connectivity index is 1.50. The van der Waals surface area contributed by atoms with E-state index < -0.39 is 16.2 Å². The molecule has 1 aromatic carbocycles. The number of aromatic nitrogens is 2. The van der Waals surface area contributed by atoms with Crippen molar-refractivity contribution in [1.82, 2.24) is 23.9 Å². The zero-order chi connectivity index (χ0) is 26.3. The second kappa shape index (κ2) is 9.43. The van der Waals surface area contributed by atoms with Crippen LogP contribution in [0.1, 0.15) is 44.5 Å². The fourth-order valence-electron chi connectivity index (χ4n) is 3.81. The molecule has 0 bridgehead atoms. The van der Waals surface area contributed by atoms with Crippen molar-refractivity contribution >= 4 is 33.8 Å². The van der Waals surface area contributed by atoms with Crippen LogP contribution >= 0.6 is 0 Å². The summed E-state index contributed by atoms with van der Waals surface area (Å²) < 4.78 is 29.1. The number of carbonyl (C=O) groups is 2. The molecule has 2 aliphatic rings. The minimum absolute atomic E-state index is 0.0250. The summed E-state index contributed by atoms with van der Waals surface area (Å²) in [6.45, 7) is 8.15. The summed E-state index contributed by atoms with van der Waals surface area (Å²) in [4.78, 5) is 24.5. The number of anilines is 2.